The van der Waals surface area contributed by atoms with E-state index in [2.05, 4.69) is 9.97 Å². The third-order valence-electron chi connectivity index (χ3n) is 3.14. The number of para-hydroxylation sites is 2. The molecule has 0 spiro atoms. The average molecular weight is 280 g/mol. The number of hydrogen-bond acceptors (Lipinski definition) is 4. The predicted octanol–water partition coefficient (Wildman–Crippen LogP) is 2.92. The maximum atomic E-state index is 5.77. The van der Waals surface area contributed by atoms with Crippen LogP contribution in [0.2, 0.25) is 0 Å². The molecule has 0 amide bonds. The van der Waals surface area contributed by atoms with Crippen molar-refractivity contribution < 1.29 is 4.74 Å². The number of imidazole rings is 1. The summed E-state index contributed by atoms with van der Waals surface area (Å²) in [6.45, 7) is 2.58. The van der Waals surface area contributed by atoms with Crippen LogP contribution in [-0.4, -0.2) is 21.1 Å². The van der Waals surface area contributed by atoms with Gasteiger partial charge in [-0.2, -0.15) is 0 Å². The highest BCUT2D eigenvalue weighted by Gasteiger charge is 2.11. The highest BCUT2D eigenvalue weighted by Crippen LogP contribution is 2.28. The molecule has 2 heterocycles. The van der Waals surface area contributed by atoms with E-state index in [0.717, 1.165) is 22.7 Å². The number of nitrogen functional groups attached to an aromatic ring is 1. The molecular formula is C16H16N4O. The summed E-state index contributed by atoms with van der Waals surface area (Å²) >= 11 is 0. The molecule has 0 saturated heterocycles. The molecule has 21 heavy (non-hydrogen) atoms. The molecule has 1 aromatic carbocycles. The molecule has 0 fully saturated rings. The van der Waals surface area contributed by atoms with Gasteiger partial charge in [-0.1, -0.05) is 12.1 Å². The number of nitrogens with zero attached hydrogens (tertiary/aromatic N) is 3. The van der Waals surface area contributed by atoms with E-state index in [1.165, 1.54) is 0 Å². The Morgan fingerprint density at radius 3 is 2.90 bits per heavy atom. The molecule has 0 unspecified atom stereocenters. The Hall–Kier alpha value is -2.82. The summed E-state index contributed by atoms with van der Waals surface area (Å²) in [5, 5.41) is 0. The van der Waals surface area contributed by atoms with Gasteiger partial charge >= 0.3 is 0 Å². The van der Waals surface area contributed by atoms with Gasteiger partial charge in [0, 0.05) is 11.8 Å². The SMILES string of the molecule is CCOc1ccccc1-n1cncc1-c1ccnc(N)c1. The van der Waals surface area contributed by atoms with Gasteiger partial charge in [0.15, 0.2) is 0 Å². The van der Waals surface area contributed by atoms with Crippen LogP contribution in [0.1, 0.15) is 6.92 Å². The Kier molecular flexibility index (Phi) is 3.55. The van der Waals surface area contributed by atoms with Gasteiger partial charge in [0.1, 0.15) is 11.6 Å². The second-order valence-corrected chi connectivity index (χ2v) is 4.52. The van der Waals surface area contributed by atoms with Crippen molar-refractivity contribution in [1.82, 2.24) is 14.5 Å². The summed E-state index contributed by atoms with van der Waals surface area (Å²) in [4.78, 5) is 8.27. The smallest absolute Gasteiger partial charge is 0.143 e. The third kappa shape index (κ3) is 2.58. The predicted molar refractivity (Wildman–Crippen MR) is 82.4 cm³/mol. The van der Waals surface area contributed by atoms with E-state index in [1.54, 1.807) is 18.7 Å². The van der Waals surface area contributed by atoms with Crippen LogP contribution < -0.4 is 10.5 Å². The van der Waals surface area contributed by atoms with Gasteiger partial charge in [-0.25, -0.2) is 9.97 Å². The van der Waals surface area contributed by atoms with Crippen molar-refractivity contribution in [1.29, 1.82) is 0 Å². The Balaban J connectivity index is 2.11. The highest BCUT2D eigenvalue weighted by atomic mass is 16.5. The Bertz CT molecular complexity index is 751. The molecule has 0 aliphatic heterocycles. The first-order valence-corrected chi connectivity index (χ1v) is 6.76. The number of benzene rings is 1. The van der Waals surface area contributed by atoms with Crippen LogP contribution >= 0.6 is 0 Å². The van der Waals surface area contributed by atoms with Crippen LogP contribution in [0.15, 0.2) is 55.1 Å². The molecule has 0 bridgehead atoms. The van der Waals surface area contributed by atoms with Crippen molar-refractivity contribution >= 4 is 5.82 Å². The molecule has 0 aliphatic carbocycles. The first-order valence-electron chi connectivity index (χ1n) is 6.76. The number of aromatic nitrogens is 3. The molecule has 5 heteroatoms. The fourth-order valence-corrected chi connectivity index (χ4v) is 2.24. The van der Waals surface area contributed by atoms with Gasteiger partial charge in [-0.05, 0) is 31.2 Å². The minimum Gasteiger partial charge on any atom is -0.492 e. The van der Waals surface area contributed by atoms with Gasteiger partial charge in [0.05, 0.1) is 30.5 Å². The summed E-state index contributed by atoms with van der Waals surface area (Å²) in [6, 6.07) is 11.6. The zero-order valence-electron chi connectivity index (χ0n) is 11.7. The Labute approximate surface area is 123 Å². The number of hydrogen-bond donors (Lipinski definition) is 1. The van der Waals surface area contributed by atoms with Gasteiger partial charge in [-0.15, -0.1) is 0 Å². The molecular weight excluding hydrogens is 264 g/mol. The lowest BCUT2D eigenvalue weighted by Crippen LogP contribution is -2.01. The van der Waals surface area contributed by atoms with E-state index in [-0.39, 0.29) is 0 Å². The summed E-state index contributed by atoms with van der Waals surface area (Å²) in [5.74, 6) is 1.31. The summed E-state index contributed by atoms with van der Waals surface area (Å²) < 4.78 is 7.68. The lowest BCUT2D eigenvalue weighted by atomic mass is 10.2. The molecule has 0 saturated carbocycles. The number of pyridine rings is 1. The van der Waals surface area contributed by atoms with Crippen molar-refractivity contribution in [2.75, 3.05) is 12.3 Å². The summed E-state index contributed by atoms with van der Waals surface area (Å²) in [5.41, 5.74) is 8.62. The zero-order valence-corrected chi connectivity index (χ0v) is 11.7. The minimum atomic E-state index is 0.485. The van der Waals surface area contributed by atoms with Crippen LogP contribution in [0, 0.1) is 0 Å². The monoisotopic (exact) mass is 280 g/mol. The van der Waals surface area contributed by atoms with E-state index in [9.17, 15) is 0 Å². The molecule has 106 valence electrons. The number of nitrogens with two attached hydrogens (primary N) is 1. The quantitative estimate of drug-likeness (QED) is 0.798. The molecule has 3 aromatic rings. The van der Waals surface area contributed by atoms with E-state index < -0.39 is 0 Å². The van der Waals surface area contributed by atoms with E-state index in [0.29, 0.717) is 12.4 Å². The molecule has 2 N–H and O–H groups in total. The maximum absolute atomic E-state index is 5.77. The third-order valence-corrected chi connectivity index (χ3v) is 3.14. The first kappa shape index (κ1) is 13.2. The highest BCUT2D eigenvalue weighted by molar-refractivity contribution is 5.65. The number of ether oxygens (including phenoxy) is 1. The van der Waals surface area contributed by atoms with Gasteiger partial charge in [0.2, 0.25) is 0 Å². The number of rotatable bonds is 4. The van der Waals surface area contributed by atoms with Crippen molar-refractivity contribution in [3.63, 3.8) is 0 Å². The second kappa shape index (κ2) is 5.66. The molecule has 0 radical (unpaired) electrons. The maximum Gasteiger partial charge on any atom is 0.143 e. The largest absolute Gasteiger partial charge is 0.492 e. The summed E-state index contributed by atoms with van der Waals surface area (Å²) in [6.07, 6.45) is 5.26. The normalized spacial score (nSPS) is 10.5. The van der Waals surface area contributed by atoms with Gasteiger partial charge in [-0.3, -0.25) is 4.57 Å². The van der Waals surface area contributed by atoms with Crippen LogP contribution in [0.3, 0.4) is 0 Å². The van der Waals surface area contributed by atoms with Gasteiger partial charge < -0.3 is 10.5 Å². The number of anilines is 1. The van der Waals surface area contributed by atoms with Crippen molar-refractivity contribution in [2.24, 2.45) is 0 Å². The van der Waals surface area contributed by atoms with E-state index in [4.69, 9.17) is 10.5 Å². The first-order chi connectivity index (χ1) is 10.3. The lowest BCUT2D eigenvalue weighted by Gasteiger charge is -2.13. The lowest BCUT2D eigenvalue weighted by molar-refractivity contribution is 0.339. The second-order valence-electron chi connectivity index (χ2n) is 4.52. The van der Waals surface area contributed by atoms with Crippen LogP contribution in [0.4, 0.5) is 5.82 Å². The molecule has 2 aromatic heterocycles. The Morgan fingerprint density at radius 2 is 2.10 bits per heavy atom. The van der Waals surface area contributed by atoms with Crippen molar-refractivity contribution in [3.05, 3.63) is 55.1 Å². The van der Waals surface area contributed by atoms with Crippen LogP contribution in [-0.2, 0) is 0 Å². The topological polar surface area (TPSA) is 66.0 Å². The molecule has 0 atom stereocenters. The molecule has 5 nitrogen and oxygen atoms in total. The Morgan fingerprint density at radius 1 is 1.24 bits per heavy atom. The fraction of sp³-hybridized carbons (Fsp3) is 0.125. The minimum absolute atomic E-state index is 0.485. The fourth-order valence-electron chi connectivity index (χ4n) is 2.24. The zero-order chi connectivity index (χ0) is 14.7. The average Bonchev–Trinajstić information content (AvgIpc) is 2.97. The summed E-state index contributed by atoms with van der Waals surface area (Å²) in [7, 11) is 0. The molecule has 3 rings (SSSR count). The van der Waals surface area contributed by atoms with Crippen molar-refractivity contribution in [2.45, 2.75) is 6.92 Å². The van der Waals surface area contributed by atoms with Crippen LogP contribution in [0.25, 0.3) is 16.9 Å². The van der Waals surface area contributed by atoms with E-state index >= 15 is 0 Å². The van der Waals surface area contributed by atoms with Crippen LogP contribution in [0.5, 0.6) is 5.75 Å². The van der Waals surface area contributed by atoms with E-state index in [1.807, 2.05) is 47.9 Å². The standard InChI is InChI=1S/C16H16N4O/c1-2-21-15-6-4-3-5-13(15)20-11-18-10-14(20)12-7-8-19-16(17)9-12/h3-11H,2H2,1H3,(H2,17,19). The van der Waals surface area contributed by atoms with Crippen molar-refractivity contribution in [3.8, 4) is 22.7 Å². The van der Waals surface area contributed by atoms with Gasteiger partial charge in [0.25, 0.3) is 0 Å². The molecule has 0 aliphatic rings.